The van der Waals surface area contributed by atoms with Crippen LogP contribution >= 0.6 is 0 Å². The van der Waals surface area contributed by atoms with E-state index < -0.39 is 0 Å². The Morgan fingerprint density at radius 2 is 2.05 bits per heavy atom. The molecule has 1 aliphatic heterocycles. The summed E-state index contributed by atoms with van der Waals surface area (Å²) >= 11 is 0. The Kier molecular flexibility index (Phi) is 5.22. The molecule has 4 heteroatoms. The number of imidazole rings is 1. The van der Waals surface area contributed by atoms with Crippen LogP contribution < -0.4 is 5.32 Å². The minimum Gasteiger partial charge on any atom is -0.335 e. The molecule has 2 atom stereocenters. The molecule has 1 aromatic heterocycles. The molecular formula is C16H30N4. The second-order valence-corrected chi connectivity index (χ2v) is 6.08. The van der Waals surface area contributed by atoms with Crippen LogP contribution in [0, 0.1) is 0 Å². The molecule has 0 spiro atoms. The summed E-state index contributed by atoms with van der Waals surface area (Å²) in [5.41, 5.74) is 0.218. The molecule has 0 amide bonds. The van der Waals surface area contributed by atoms with Crippen molar-refractivity contribution in [2.75, 3.05) is 20.1 Å². The third-order valence-corrected chi connectivity index (χ3v) is 5.17. The summed E-state index contributed by atoms with van der Waals surface area (Å²) in [6.07, 6.45) is 8.86. The van der Waals surface area contributed by atoms with Crippen molar-refractivity contribution in [1.29, 1.82) is 0 Å². The van der Waals surface area contributed by atoms with Crippen LogP contribution in [0.5, 0.6) is 0 Å². The predicted octanol–water partition coefficient (Wildman–Crippen LogP) is 2.30. The van der Waals surface area contributed by atoms with Gasteiger partial charge >= 0.3 is 0 Å². The number of rotatable bonds is 7. The second kappa shape index (κ2) is 6.72. The molecule has 0 aliphatic carbocycles. The molecule has 1 N–H and O–H groups in total. The number of nitrogens with one attached hydrogen (secondary N) is 1. The number of aromatic nitrogens is 2. The number of aryl methyl sites for hydroxylation is 1. The molecule has 0 aromatic carbocycles. The molecule has 1 aromatic rings. The van der Waals surface area contributed by atoms with Crippen molar-refractivity contribution < 1.29 is 0 Å². The average molecular weight is 278 g/mol. The molecule has 4 nitrogen and oxygen atoms in total. The van der Waals surface area contributed by atoms with Crippen LogP contribution in [0.2, 0.25) is 0 Å². The van der Waals surface area contributed by atoms with Crippen LogP contribution in [0.3, 0.4) is 0 Å². The van der Waals surface area contributed by atoms with Gasteiger partial charge in [0.15, 0.2) is 0 Å². The van der Waals surface area contributed by atoms with Crippen molar-refractivity contribution >= 4 is 0 Å². The highest BCUT2D eigenvalue weighted by Gasteiger charge is 2.39. The van der Waals surface area contributed by atoms with Gasteiger partial charge in [0.25, 0.3) is 0 Å². The van der Waals surface area contributed by atoms with Crippen molar-refractivity contribution in [3.63, 3.8) is 0 Å². The highest BCUT2D eigenvalue weighted by Crippen LogP contribution is 2.29. The summed E-state index contributed by atoms with van der Waals surface area (Å²) in [6, 6.07) is 0.443. The predicted molar refractivity (Wildman–Crippen MR) is 84.0 cm³/mol. The molecule has 2 rings (SSSR count). The zero-order valence-corrected chi connectivity index (χ0v) is 13.5. The van der Waals surface area contributed by atoms with E-state index in [1.54, 1.807) is 0 Å². The topological polar surface area (TPSA) is 33.1 Å². The van der Waals surface area contributed by atoms with E-state index in [-0.39, 0.29) is 5.54 Å². The van der Waals surface area contributed by atoms with E-state index in [4.69, 9.17) is 0 Å². The van der Waals surface area contributed by atoms with Gasteiger partial charge in [-0.3, -0.25) is 4.90 Å². The molecule has 1 aliphatic rings. The summed E-state index contributed by atoms with van der Waals surface area (Å²) in [5.74, 6) is 1.20. The van der Waals surface area contributed by atoms with Gasteiger partial charge in [-0.25, -0.2) is 4.98 Å². The zero-order chi connectivity index (χ0) is 14.6. The van der Waals surface area contributed by atoms with Gasteiger partial charge in [0, 0.05) is 36.9 Å². The van der Waals surface area contributed by atoms with E-state index in [0.717, 1.165) is 13.0 Å². The van der Waals surface area contributed by atoms with E-state index in [1.165, 1.54) is 38.2 Å². The maximum atomic E-state index is 4.55. The van der Waals surface area contributed by atoms with Gasteiger partial charge in [-0.15, -0.1) is 0 Å². The normalized spacial score (nSPS) is 21.0. The number of hydrogen-bond donors (Lipinski definition) is 1. The summed E-state index contributed by atoms with van der Waals surface area (Å²) in [4.78, 5) is 7.23. The Labute approximate surface area is 123 Å². The van der Waals surface area contributed by atoms with E-state index >= 15 is 0 Å². The lowest BCUT2D eigenvalue weighted by molar-refractivity contribution is 0.0861. The Bertz CT molecular complexity index is 408. The van der Waals surface area contributed by atoms with Crippen LogP contribution in [0.25, 0.3) is 0 Å². The quantitative estimate of drug-likeness (QED) is 0.831. The maximum Gasteiger partial charge on any atom is 0.110 e. The molecular weight excluding hydrogens is 248 g/mol. The fourth-order valence-electron chi connectivity index (χ4n) is 3.55. The van der Waals surface area contributed by atoms with Crippen LogP contribution in [0.1, 0.15) is 45.9 Å². The monoisotopic (exact) mass is 278 g/mol. The number of hydrogen-bond acceptors (Lipinski definition) is 3. The maximum absolute atomic E-state index is 4.55. The molecule has 114 valence electrons. The van der Waals surface area contributed by atoms with E-state index in [9.17, 15) is 0 Å². The summed E-state index contributed by atoms with van der Waals surface area (Å²) in [7, 11) is 2.09. The molecule has 0 bridgehead atoms. The van der Waals surface area contributed by atoms with Crippen molar-refractivity contribution in [3.05, 3.63) is 18.2 Å². The summed E-state index contributed by atoms with van der Waals surface area (Å²) in [6.45, 7) is 10.4. The second-order valence-electron chi connectivity index (χ2n) is 6.08. The average Bonchev–Trinajstić information content (AvgIpc) is 3.14. The molecule has 20 heavy (non-hydrogen) atoms. The van der Waals surface area contributed by atoms with Crippen LogP contribution in [-0.4, -0.2) is 46.2 Å². The molecule has 1 saturated heterocycles. The van der Waals surface area contributed by atoms with E-state index in [2.05, 4.69) is 53.8 Å². The Morgan fingerprint density at radius 3 is 2.60 bits per heavy atom. The molecule has 2 unspecified atom stereocenters. The van der Waals surface area contributed by atoms with Crippen LogP contribution in [0.4, 0.5) is 0 Å². The van der Waals surface area contributed by atoms with Gasteiger partial charge in [-0.2, -0.15) is 0 Å². The third-order valence-electron chi connectivity index (χ3n) is 5.17. The van der Waals surface area contributed by atoms with Gasteiger partial charge in [0.1, 0.15) is 5.82 Å². The van der Waals surface area contributed by atoms with Gasteiger partial charge in [-0.05, 0) is 53.2 Å². The Hall–Kier alpha value is -0.870. The van der Waals surface area contributed by atoms with Crippen molar-refractivity contribution in [1.82, 2.24) is 19.8 Å². The fraction of sp³-hybridized carbons (Fsp3) is 0.812. The molecule has 0 radical (unpaired) electrons. The van der Waals surface area contributed by atoms with Crippen molar-refractivity contribution in [3.8, 4) is 0 Å². The van der Waals surface area contributed by atoms with E-state index in [0.29, 0.717) is 6.04 Å². The highest BCUT2D eigenvalue weighted by atomic mass is 15.2. The standard InChI is InChI=1S/C16H30N4/c1-5-16(3,20-10-7-8-11-20)14(17-4)13-15-18-9-12-19(15)6-2/h9,12,14,17H,5-8,10-11,13H2,1-4H3. The first-order chi connectivity index (χ1) is 9.65. The fourth-order valence-corrected chi connectivity index (χ4v) is 3.55. The largest absolute Gasteiger partial charge is 0.335 e. The number of likely N-dealkylation sites (tertiary alicyclic amines) is 1. The van der Waals surface area contributed by atoms with E-state index in [1.807, 2.05) is 6.20 Å². The lowest BCUT2D eigenvalue weighted by Crippen LogP contribution is -2.58. The van der Waals surface area contributed by atoms with Crippen LogP contribution in [0.15, 0.2) is 12.4 Å². The number of nitrogens with zero attached hydrogens (tertiary/aromatic N) is 3. The Balaban J connectivity index is 2.16. The van der Waals surface area contributed by atoms with Gasteiger partial charge in [0.05, 0.1) is 0 Å². The molecule has 1 fully saturated rings. The van der Waals surface area contributed by atoms with Crippen molar-refractivity contribution in [2.45, 2.75) is 64.6 Å². The first kappa shape index (κ1) is 15.5. The lowest BCUT2D eigenvalue weighted by Gasteiger charge is -2.44. The first-order valence-corrected chi connectivity index (χ1v) is 8.08. The SMILES string of the molecule is CCn1ccnc1CC(NC)C(C)(CC)N1CCCC1. The van der Waals surface area contributed by atoms with Gasteiger partial charge in [0.2, 0.25) is 0 Å². The highest BCUT2D eigenvalue weighted by molar-refractivity contribution is 5.04. The summed E-state index contributed by atoms with van der Waals surface area (Å²) in [5, 5.41) is 3.57. The van der Waals surface area contributed by atoms with Crippen LogP contribution in [-0.2, 0) is 13.0 Å². The van der Waals surface area contributed by atoms with Crippen molar-refractivity contribution in [2.24, 2.45) is 0 Å². The zero-order valence-electron chi connectivity index (χ0n) is 13.5. The van der Waals surface area contributed by atoms with Gasteiger partial charge < -0.3 is 9.88 Å². The lowest BCUT2D eigenvalue weighted by atomic mass is 9.85. The third kappa shape index (κ3) is 2.91. The smallest absolute Gasteiger partial charge is 0.110 e. The summed E-state index contributed by atoms with van der Waals surface area (Å²) < 4.78 is 2.25. The minimum atomic E-state index is 0.218. The molecule has 2 heterocycles. The molecule has 0 saturated carbocycles. The Morgan fingerprint density at radius 1 is 1.35 bits per heavy atom. The number of likely N-dealkylation sites (N-methyl/N-ethyl adjacent to an activating group) is 1. The minimum absolute atomic E-state index is 0.218. The first-order valence-electron chi connectivity index (χ1n) is 8.08. The van der Waals surface area contributed by atoms with Gasteiger partial charge in [-0.1, -0.05) is 6.92 Å².